The Morgan fingerprint density at radius 1 is 1.36 bits per heavy atom. The molecule has 4 nitrogen and oxygen atoms in total. The van der Waals surface area contributed by atoms with Gasteiger partial charge in [-0.05, 0) is 18.2 Å². The molecule has 1 saturated heterocycles. The van der Waals surface area contributed by atoms with Crippen molar-refractivity contribution in [3.8, 4) is 0 Å². The van der Waals surface area contributed by atoms with Gasteiger partial charge in [0.05, 0.1) is 16.4 Å². The second kappa shape index (κ2) is 7.28. The summed E-state index contributed by atoms with van der Waals surface area (Å²) in [6, 6.07) is 3.97. The molecule has 0 amide bonds. The van der Waals surface area contributed by atoms with Crippen molar-refractivity contribution in [1.82, 2.24) is 0 Å². The third-order valence-electron chi connectivity index (χ3n) is 2.81. The lowest BCUT2D eigenvalue weighted by molar-refractivity contribution is -0.137. The molecule has 1 aromatic rings. The maximum Gasteiger partial charge on any atom is 0.416 e. The summed E-state index contributed by atoms with van der Waals surface area (Å²) in [5.41, 5.74) is 4.59. The van der Waals surface area contributed by atoms with Gasteiger partial charge in [0, 0.05) is 17.3 Å². The van der Waals surface area contributed by atoms with Crippen LogP contribution in [0.25, 0.3) is 0 Å². The van der Waals surface area contributed by atoms with E-state index in [1.165, 1.54) is 6.07 Å². The Bertz CT molecular complexity index is 573. The fourth-order valence-electron chi connectivity index (χ4n) is 1.69. The van der Waals surface area contributed by atoms with Crippen molar-refractivity contribution in [3.63, 3.8) is 0 Å². The Hall–Kier alpha value is -1.35. The van der Waals surface area contributed by atoms with Crippen molar-refractivity contribution in [1.29, 1.82) is 0 Å². The van der Waals surface area contributed by atoms with Crippen molar-refractivity contribution >= 4 is 35.3 Å². The maximum atomic E-state index is 12.6. The van der Waals surface area contributed by atoms with E-state index in [-0.39, 0.29) is 16.6 Å². The Balaban J connectivity index is 2.03. The number of carbonyl (C=O) groups is 1. The molecule has 0 spiro atoms. The van der Waals surface area contributed by atoms with Crippen LogP contribution in [0, 0.1) is 0 Å². The number of thioether (sulfide) groups is 2. The van der Waals surface area contributed by atoms with Gasteiger partial charge in [0.1, 0.15) is 0 Å². The molecule has 0 aliphatic carbocycles. The van der Waals surface area contributed by atoms with Crippen LogP contribution in [0.2, 0.25) is 0 Å². The second-order valence-electron chi connectivity index (χ2n) is 4.41. The largest absolute Gasteiger partial charge is 0.416 e. The summed E-state index contributed by atoms with van der Waals surface area (Å²) in [5, 5.41) is 3.50. The first kappa shape index (κ1) is 17.0. The molecule has 1 aliphatic rings. The molecule has 9 heteroatoms. The van der Waals surface area contributed by atoms with Crippen molar-refractivity contribution in [2.75, 3.05) is 17.3 Å². The molecular weight excluding hydrogens is 337 g/mol. The van der Waals surface area contributed by atoms with Gasteiger partial charge in [-0.2, -0.15) is 24.9 Å². The maximum absolute atomic E-state index is 12.6. The Kier molecular flexibility index (Phi) is 5.63. The minimum atomic E-state index is -4.52. The van der Waals surface area contributed by atoms with E-state index in [2.05, 4.69) is 9.99 Å². The van der Waals surface area contributed by atoms with E-state index in [4.69, 9.17) is 5.73 Å². The summed E-state index contributed by atoms with van der Waals surface area (Å²) in [4.78, 5) is 16.4. The quantitative estimate of drug-likeness (QED) is 0.393. The molecule has 22 heavy (non-hydrogen) atoms. The fraction of sp³-hybridized carbons (Fsp3) is 0.385. The molecule has 0 aromatic heterocycles. The zero-order valence-electron chi connectivity index (χ0n) is 11.3. The molecule has 0 radical (unpaired) electrons. The van der Waals surface area contributed by atoms with Crippen LogP contribution < -0.4 is 5.73 Å². The van der Waals surface area contributed by atoms with E-state index < -0.39 is 17.7 Å². The predicted octanol–water partition coefficient (Wildman–Crippen LogP) is 2.98. The van der Waals surface area contributed by atoms with Crippen LogP contribution in [-0.4, -0.2) is 34.3 Å². The van der Waals surface area contributed by atoms with Gasteiger partial charge < -0.3 is 10.6 Å². The topological polar surface area (TPSA) is 64.7 Å². The summed E-state index contributed by atoms with van der Waals surface area (Å²) < 4.78 is 37.8. The van der Waals surface area contributed by atoms with Gasteiger partial charge in [-0.1, -0.05) is 11.2 Å². The number of carbonyl (C=O) groups excluding carboxylic acids is 1. The SMILES string of the molecule is N/C(=N/OC(=O)c1cccc(C(F)(F)F)c1)[C@H]1CSCCS1. The molecule has 0 bridgehead atoms. The van der Waals surface area contributed by atoms with Crippen LogP contribution in [0.3, 0.4) is 0 Å². The average molecular weight is 350 g/mol. The number of hydrogen-bond acceptors (Lipinski definition) is 5. The molecule has 120 valence electrons. The molecule has 1 fully saturated rings. The highest BCUT2D eigenvalue weighted by atomic mass is 32.2. The lowest BCUT2D eigenvalue weighted by Crippen LogP contribution is -2.31. The zero-order valence-corrected chi connectivity index (χ0v) is 12.9. The van der Waals surface area contributed by atoms with Gasteiger partial charge in [0.25, 0.3) is 0 Å². The number of oxime groups is 1. The summed E-state index contributed by atoms with van der Waals surface area (Å²) in [6.45, 7) is 0. The van der Waals surface area contributed by atoms with Gasteiger partial charge in [0.2, 0.25) is 0 Å². The van der Waals surface area contributed by atoms with Crippen molar-refractivity contribution < 1.29 is 22.8 Å². The molecule has 2 N–H and O–H groups in total. The Labute approximate surface area is 133 Å². The molecule has 2 rings (SSSR count). The standard InChI is InChI=1S/C13H13F3N2O2S2/c14-13(15,16)9-3-1-2-8(6-9)12(19)20-18-11(17)10-7-21-4-5-22-10/h1-3,6,10H,4-5,7H2,(H2,17,18)/t10-/m1/s1. The minimum absolute atomic E-state index is 0.0481. The highest BCUT2D eigenvalue weighted by Gasteiger charge is 2.31. The highest BCUT2D eigenvalue weighted by Crippen LogP contribution is 2.29. The fourth-order valence-corrected chi connectivity index (χ4v) is 4.27. The molecule has 0 saturated carbocycles. The van der Waals surface area contributed by atoms with Gasteiger partial charge in [-0.15, -0.1) is 11.8 Å². The molecule has 0 unspecified atom stereocenters. The van der Waals surface area contributed by atoms with E-state index in [0.29, 0.717) is 0 Å². The normalized spacial score (nSPS) is 19.8. The van der Waals surface area contributed by atoms with Gasteiger partial charge >= 0.3 is 12.1 Å². The summed E-state index contributed by atoms with van der Waals surface area (Å²) in [7, 11) is 0. The first-order valence-corrected chi connectivity index (χ1v) is 8.49. The number of alkyl halides is 3. The number of rotatable bonds is 3. The van der Waals surface area contributed by atoms with Crippen LogP contribution in [0.4, 0.5) is 13.2 Å². The smallest absolute Gasteiger partial charge is 0.383 e. The lowest BCUT2D eigenvalue weighted by atomic mass is 10.1. The predicted molar refractivity (Wildman–Crippen MR) is 82.1 cm³/mol. The first-order valence-electron chi connectivity index (χ1n) is 6.29. The molecule has 1 aliphatic heterocycles. The summed E-state index contributed by atoms with van der Waals surface area (Å²) in [6.07, 6.45) is -4.52. The average Bonchev–Trinajstić information content (AvgIpc) is 2.52. The number of halogens is 3. The van der Waals surface area contributed by atoms with Crippen LogP contribution in [0.5, 0.6) is 0 Å². The number of benzene rings is 1. The second-order valence-corrected chi connectivity index (χ2v) is 6.87. The monoisotopic (exact) mass is 350 g/mol. The van der Waals surface area contributed by atoms with Crippen LogP contribution >= 0.6 is 23.5 Å². The lowest BCUT2D eigenvalue weighted by Gasteiger charge is -2.19. The number of nitrogens with zero attached hydrogens (tertiary/aromatic N) is 1. The molecule has 1 aromatic carbocycles. The Morgan fingerprint density at radius 3 is 2.77 bits per heavy atom. The van der Waals surface area contributed by atoms with E-state index in [9.17, 15) is 18.0 Å². The van der Waals surface area contributed by atoms with Crippen molar-refractivity contribution in [2.24, 2.45) is 10.9 Å². The van der Waals surface area contributed by atoms with Gasteiger partial charge in [0.15, 0.2) is 5.84 Å². The van der Waals surface area contributed by atoms with Crippen molar-refractivity contribution in [3.05, 3.63) is 35.4 Å². The van der Waals surface area contributed by atoms with E-state index >= 15 is 0 Å². The zero-order chi connectivity index (χ0) is 16.2. The van der Waals surface area contributed by atoms with E-state index in [1.807, 2.05) is 0 Å². The van der Waals surface area contributed by atoms with Crippen LogP contribution in [0.15, 0.2) is 29.4 Å². The number of amidine groups is 1. The van der Waals surface area contributed by atoms with Gasteiger partial charge in [-0.3, -0.25) is 0 Å². The van der Waals surface area contributed by atoms with Crippen molar-refractivity contribution in [2.45, 2.75) is 11.4 Å². The number of nitrogens with two attached hydrogens (primary N) is 1. The third-order valence-corrected chi connectivity index (χ3v) is 5.59. The van der Waals surface area contributed by atoms with E-state index in [0.717, 1.165) is 35.5 Å². The van der Waals surface area contributed by atoms with Gasteiger partial charge in [-0.25, -0.2) is 4.79 Å². The highest BCUT2D eigenvalue weighted by molar-refractivity contribution is 8.07. The minimum Gasteiger partial charge on any atom is -0.383 e. The summed E-state index contributed by atoms with van der Waals surface area (Å²) in [5.74, 6) is 1.91. The van der Waals surface area contributed by atoms with E-state index in [1.54, 1.807) is 23.5 Å². The Morgan fingerprint density at radius 2 is 2.14 bits per heavy atom. The van der Waals surface area contributed by atoms with Crippen LogP contribution in [0.1, 0.15) is 15.9 Å². The molecular formula is C13H13F3N2O2S2. The third kappa shape index (κ3) is 4.57. The molecule has 1 heterocycles. The van der Waals surface area contributed by atoms with Crippen LogP contribution in [-0.2, 0) is 11.0 Å². The summed E-state index contributed by atoms with van der Waals surface area (Å²) >= 11 is 3.33. The first-order chi connectivity index (χ1) is 10.4. The number of hydrogen-bond donors (Lipinski definition) is 1. The molecule has 1 atom stereocenters.